The van der Waals surface area contributed by atoms with E-state index in [9.17, 15) is 14.4 Å². The zero-order chi connectivity index (χ0) is 26.2. The molecule has 3 atom stereocenters. The summed E-state index contributed by atoms with van der Waals surface area (Å²) in [5, 5.41) is 5.84. The molecule has 1 aromatic carbocycles. The molecule has 34 heavy (non-hydrogen) atoms. The van der Waals surface area contributed by atoms with Crippen molar-refractivity contribution in [3.8, 4) is 0 Å². The van der Waals surface area contributed by atoms with Crippen LogP contribution < -0.4 is 10.6 Å². The van der Waals surface area contributed by atoms with Crippen LogP contribution in [-0.4, -0.2) is 47.0 Å². The topological polar surface area (TPSA) is 87.7 Å². The smallest absolute Gasteiger partial charge is 0.408 e. The number of likely N-dealkylation sites (N-methyl/N-ethyl adjacent to an activating group) is 1. The summed E-state index contributed by atoms with van der Waals surface area (Å²) in [5.41, 5.74) is 2.01. The number of nitrogens with one attached hydrogen (secondary N) is 2. The fraction of sp³-hybridized carbons (Fsp3) is 0.667. The van der Waals surface area contributed by atoms with Crippen LogP contribution in [0.4, 0.5) is 4.79 Å². The Morgan fingerprint density at radius 1 is 1.00 bits per heavy atom. The van der Waals surface area contributed by atoms with Crippen LogP contribution in [0, 0.1) is 19.8 Å². The van der Waals surface area contributed by atoms with Crippen molar-refractivity contribution in [1.82, 2.24) is 15.5 Å². The SMILES string of the molecule is CCCC(C)NC(=O)C(c1c(C)cccc1C)N(CC)C(=O)C(NC(=O)OC(C)(C)C)C(C)C. The molecule has 192 valence electrons. The van der Waals surface area contributed by atoms with Crippen molar-refractivity contribution in [1.29, 1.82) is 0 Å². The average molecular weight is 476 g/mol. The second kappa shape index (κ2) is 12.8. The molecule has 3 amide bonds. The lowest BCUT2D eigenvalue weighted by Gasteiger charge is -2.36. The zero-order valence-corrected chi connectivity index (χ0v) is 22.7. The van der Waals surface area contributed by atoms with Crippen LogP contribution in [0.25, 0.3) is 0 Å². The molecular weight excluding hydrogens is 430 g/mol. The Kier molecular flexibility index (Phi) is 11.1. The van der Waals surface area contributed by atoms with E-state index in [1.54, 1.807) is 25.7 Å². The molecule has 2 N–H and O–H groups in total. The molecule has 7 nitrogen and oxygen atoms in total. The highest BCUT2D eigenvalue weighted by atomic mass is 16.6. The molecule has 0 bridgehead atoms. The monoisotopic (exact) mass is 475 g/mol. The van der Waals surface area contributed by atoms with E-state index in [0.717, 1.165) is 29.5 Å². The molecule has 0 aliphatic rings. The van der Waals surface area contributed by atoms with E-state index in [2.05, 4.69) is 17.6 Å². The maximum atomic E-state index is 13.8. The number of rotatable bonds is 10. The van der Waals surface area contributed by atoms with Crippen LogP contribution in [0.2, 0.25) is 0 Å². The normalized spacial score (nSPS) is 14.2. The summed E-state index contributed by atoms with van der Waals surface area (Å²) in [6, 6.07) is 4.20. The van der Waals surface area contributed by atoms with E-state index in [-0.39, 0.29) is 23.8 Å². The molecule has 0 aliphatic carbocycles. The Bertz CT molecular complexity index is 825. The number of amides is 3. The summed E-state index contributed by atoms with van der Waals surface area (Å²) in [6.45, 7) is 19.2. The van der Waals surface area contributed by atoms with Gasteiger partial charge in [0, 0.05) is 12.6 Å². The molecule has 0 aromatic heterocycles. The lowest BCUT2D eigenvalue weighted by molar-refractivity contribution is -0.143. The number of ether oxygens (including phenoxy) is 1. The predicted molar refractivity (Wildman–Crippen MR) is 137 cm³/mol. The first-order chi connectivity index (χ1) is 15.7. The van der Waals surface area contributed by atoms with E-state index in [4.69, 9.17) is 4.74 Å². The highest BCUT2D eigenvalue weighted by molar-refractivity contribution is 5.92. The van der Waals surface area contributed by atoms with E-state index >= 15 is 0 Å². The minimum Gasteiger partial charge on any atom is -0.444 e. The minimum absolute atomic E-state index is 0.0149. The second-order valence-corrected chi connectivity index (χ2v) is 10.4. The van der Waals surface area contributed by atoms with Crippen LogP contribution in [-0.2, 0) is 14.3 Å². The summed E-state index contributed by atoms with van der Waals surface area (Å²) in [7, 11) is 0. The van der Waals surface area contributed by atoms with Crippen LogP contribution >= 0.6 is 0 Å². The molecule has 0 heterocycles. The molecule has 1 aromatic rings. The standard InChI is InChI=1S/C27H45N3O4/c1-11-14-20(7)28-24(31)23(21-18(5)15-13-16-19(21)6)30(12-2)25(32)22(17(3)4)29-26(33)34-27(8,9)10/h13,15-17,20,22-23H,11-12,14H2,1-10H3,(H,28,31)(H,29,33). The van der Waals surface area contributed by atoms with Crippen molar-refractivity contribution in [2.24, 2.45) is 5.92 Å². The number of carbonyl (C=O) groups is 3. The predicted octanol–water partition coefficient (Wildman–Crippen LogP) is 5.05. The molecule has 0 fully saturated rings. The number of benzene rings is 1. The van der Waals surface area contributed by atoms with Crippen molar-refractivity contribution in [2.75, 3.05) is 6.54 Å². The number of hydrogen-bond acceptors (Lipinski definition) is 4. The van der Waals surface area contributed by atoms with Crippen molar-refractivity contribution in [3.05, 3.63) is 34.9 Å². The van der Waals surface area contributed by atoms with Gasteiger partial charge in [-0.3, -0.25) is 9.59 Å². The number of nitrogens with zero attached hydrogens (tertiary/aromatic N) is 1. The van der Waals surface area contributed by atoms with Gasteiger partial charge in [0.05, 0.1) is 0 Å². The van der Waals surface area contributed by atoms with Gasteiger partial charge in [0.25, 0.3) is 0 Å². The lowest BCUT2D eigenvalue weighted by atomic mass is 9.92. The molecule has 0 spiro atoms. The van der Waals surface area contributed by atoms with Crippen molar-refractivity contribution in [2.45, 2.75) is 106 Å². The van der Waals surface area contributed by atoms with Crippen LogP contribution in [0.1, 0.15) is 91.0 Å². The fourth-order valence-electron chi connectivity index (χ4n) is 4.11. The summed E-state index contributed by atoms with van der Waals surface area (Å²) in [5.74, 6) is -0.725. The number of aryl methyl sites for hydroxylation is 2. The minimum atomic E-state index is -0.831. The van der Waals surface area contributed by atoms with Crippen molar-refractivity contribution >= 4 is 17.9 Å². The van der Waals surface area contributed by atoms with Gasteiger partial charge >= 0.3 is 6.09 Å². The van der Waals surface area contributed by atoms with Crippen LogP contribution in [0.3, 0.4) is 0 Å². The van der Waals surface area contributed by atoms with Gasteiger partial charge in [-0.05, 0) is 77.5 Å². The fourth-order valence-corrected chi connectivity index (χ4v) is 4.11. The van der Waals surface area contributed by atoms with Gasteiger partial charge < -0.3 is 20.3 Å². The van der Waals surface area contributed by atoms with E-state index in [1.807, 2.05) is 59.7 Å². The highest BCUT2D eigenvalue weighted by Crippen LogP contribution is 2.29. The second-order valence-electron chi connectivity index (χ2n) is 10.4. The molecule has 3 unspecified atom stereocenters. The molecule has 0 radical (unpaired) electrons. The van der Waals surface area contributed by atoms with Crippen molar-refractivity contribution < 1.29 is 19.1 Å². The molecule has 0 aliphatic heterocycles. The van der Waals surface area contributed by atoms with E-state index in [1.165, 1.54) is 0 Å². The maximum Gasteiger partial charge on any atom is 0.408 e. The molecular formula is C27H45N3O4. The first-order valence-corrected chi connectivity index (χ1v) is 12.4. The molecule has 0 saturated heterocycles. The Labute approximate surface area is 206 Å². The summed E-state index contributed by atoms with van der Waals surface area (Å²) in [4.78, 5) is 41.5. The maximum absolute atomic E-state index is 13.8. The van der Waals surface area contributed by atoms with Gasteiger partial charge in [0.1, 0.15) is 17.7 Å². The Morgan fingerprint density at radius 2 is 1.56 bits per heavy atom. The van der Waals surface area contributed by atoms with Gasteiger partial charge in [-0.25, -0.2) is 4.79 Å². The summed E-state index contributed by atoms with van der Waals surface area (Å²) >= 11 is 0. The first-order valence-electron chi connectivity index (χ1n) is 12.4. The number of carbonyl (C=O) groups excluding carboxylic acids is 3. The third kappa shape index (κ3) is 8.33. The van der Waals surface area contributed by atoms with Gasteiger partial charge in [0.15, 0.2) is 0 Å². The van der Waals surface area contributed by atoms with Gasteiger partial charge in [-0.1, -0.05) is 45.4 Å². The van der Waals surface area contributed by atoms with Crippen molar-refractivity contribution in [3.63, 3.8) is 0 Å². The Hall–Kier alpha value is -2.57. The summed E-state index contributed by atoms with van der Waals surface area (Å²) in [6.07, 6.45) is 1.14. The van der Waals surface area contributed by atoms with Crippen LogP contribution in [0.15, 0.2) is 18.2 Å². The van der Waals surface area contributed by atoms with E-state index in [0.29, 0.717) is 6.54 Å². The average Bonchev–Trinajstić information content (AvgIpc) is 2.69. The lowest BCUT2D eigenvalue weighted by Crippen LogP contribution is -2.55. The Balaban J connectivity index is 3.44. The molecule has 0 saturated carbocycles. The van der Waals surface area contributed by atoms with Gasteiger partial charge in [0.2, 0.25) is 11.8 Å². The van der Waals surface area contributed by atoms with Gasteiger partial charge in [-0.15, -0.1) is 0 Å². The number of hydrogen-bond donors (Lipinski definition) is 2. The highest BCUT2D eigenvalue weighted by Gasteiger charge is 2.38. The molecule has 1 rings (SSSR count). The zero-order valence-electron chi connectivity index (χ0n) is 22.7. The third-order valence-electron chi connectivity index (χ3n) is 5.71. The Morgan fingerprint density at radius 3 is 2.00 bits per heavy atom. The third-order valence-corrected chi connectivity index (χ3v) is 5.71. The molecule has 7 heteroatoms. The van der Waals surface area contributed by atoms with Crippen LogP contribution in [0.5, 0.6) is 0 Å². The van der Waals surface area contributed by atoms with Gasteiger partial charge in [-0.2, -0.15) is 0 Å². The quantitative estimate of drug-likeness (QED) is 0.496. The first kappa shape index (κ1) is 29.5. The largest absolute Gasteiger partial charge is 0.444 e. The number of alkyl carbamates (subject to hydrolysis) is 1. The summed E-state index contributed by atoms with van der Waals surface area (Å²) < 4.78 is 5.39. The van der Waals surface area contributed by atoms with E-state index < -0.39 is 23.8 Å².